The van der Waals surface area contributed by atoms with Crippen LogP contribution in [0, 0.1) is 11.6 Å². The maximum atomic E-state index is 13.9. The van der Waals surface area contributed by atoms with Crippen molar-refractivity contribution in [2.75, 3.05) is 44.0 Å². The molecule has 0 atom stereocenters. The second-order valence-electron chi connectivity index (χ2n) is 10.4. The number of fused-ring (bicyclic) bond motifs is 1. The third kappa shape index (κ3) is 7.54. The van der Waals surface area contributed by atoms with E-state index in [1.807, 2.05) is 0 Å². The molecular weight excluding hydrogens is 560 g/mol. The fourth-order valence-corrected chi connectivity index (χ4v) is 5.37. The van der Waals surface area contributed by atoms with Gasteiger partial charge in [-0.05, 0) is 37.5 Å². The quantitative estimate of drug-likeness (QED) is 0.155. The molecule has 11 nitrogen and oxygen atoms in total. The lowest BCUT2D eigenvalue weighted by Crippen LogP contribution is -2.36. The van der Waals surface area contributed by atoms with E-state index in [1.165, 1.54) is 44.1 Å². The third-order valence-electron chi connectivity index (χ3n) is 7.45. The van der Waals surface area contributed by atoms with Gasteiger partial charge in [0.1, 0.15) is 12.1 Å². The highest BCUT2D eigenvalue weighted by atomic mass is 19.2. The fourth-order valence-electron chi connectivity index (χ4n) is 5.37. The molecule has 2 aromatic heterocycles. The average molecular weight is 596 g/mol. The molecule has 4 N–H and O–H groups in total. The van der Waals surface area contributed by atoms with Gasteiger partial charge < -0.3 is 25.2 Å². The lowest BCUT2D eigenvalue weighted by atomic mass is 10.2. The van der Waals surface area contributed by atoms with Gasteiger partial charge in [-0.25, -0.2) is 18.7 Å². The van der Waals surface area contributed by atoms with Crippen LogP contribution in [0.2, 0.25) is 0 Å². The molecule has 1 aliphatic carbocycles. The van der Waals surface area contributed by atoms with E-state index in [2.05, 4.69) is 35.7 Å². The van der Waals surface area contributed by atoms with Crippen molar-refractivity contribution in [1.29, 1.82) is 0 Å². The zero-order valence-electron chi connectivity index (χ0n) is 23.9. The minimum atomic E-state index is -1.12. The van der Waals surface area contributed by atoms with Crippen LogP contribution in [0.1, 0.15) is 37.8 Å². The summed E-state index contributed by atoms with van der Waals surface area (Å²) in [6.07, 6.45) is 6.95. The van der Waals surface area contributed by atoms with E-state index in [1.54, 1.807) is 25.3 Å². The predicted molar refractivity (Wildman–Crippen MR) is 158 cm³/mol. The van der Waals surface area contributed by atoms with Crippen molar-refractivity contribution < 1.29 is 28.2 Å². The standard InChI is InChI=1S/C30H35F2N7O4/c1-42-25-16-21-24(17-26(25)43-13-5-10-39(11-12-40)20-6-2-3-7-20)33-18-34-30(21)36-27-14-19(37-38-27)15-28(41)35-23-9-4-8-22(31)29(23)32/h4,8-9,14,16-18,20,40H,2-3,5-7,10-13,15H2,1H3,(H,35,41)(H2,33,34,36,37,38). The lowest BCUT2D eigenvalue weighted by Gasteiger charge is -2.28. The van der Waals surface area contributed by atoms with E-state index in [0.29, 0.717) is 58.9 Å². The molecule has 2 heterocycles. The number of hydrogen-bond acceptors (Lipinski definition) is 9. The summed E-state index contributed by atoms with van der Waals surface area (Å²) >= 11 is 0. The summed E-state index contributed by atoms with van der Waals surface area (Å²) in [6.45, 7) is 2.17. The largest absolute Gasteiger partial charge is 0.493 e. The SMILES string of the molecule is COc1cc2c(Nc3cc(CC(=O)Nc4cccc(F)c4F)[nH]n3)ncnc2cc1OCCCN(CCO)C1CCCC1. The normalized spacial score (nSPS) is 13.5. The Balaban J connectivity index is 1.21. The van der Waals surface area contributed by atoms with E-state index in [-0.39, 0.29) is 18.7 Å². The van der Waals surface area contributed by atoms with Gasteiger partial charge in [-0.2, -0.15) is 5.10 Å². The van der Waals surface area contributed by atoms with Crippen LogP contribution < -0.4 is 20.1 Å². The molecule has 228 valence electrons. The number of aromatic nitrogens is 4. The number of nitrogens with one attached hydrogen (secondary N) is 3. The number of methoxy groups -OCH3 is 1. The molecule has 5 rings (SSSR count). The first-order valence-electron chi connectivity index (χ1n) is 14.3. The highest BCUT2D eigenvalue weighted by Crippen LogP contribution is 2.35. The highest BCUT2D eigenvalue weighted by molar-refractivity contribution is 5.93. The Morgan fingerprint density at radius 3 is 2.77 bits per heavy atom. The number of aromatic amines is 1. The summed E-state index contributed by atoms with van der Waals surface area (Å²) in [6, 6.07) is 9.32. The number of benzene rings is 2. The van der Waals surface area contributed by atoms with Crippen molar-refractivity contribution in [3.05, 3.63) is 60.1 Å². The number of carbonyl (C=O) groups excluding carboxylic acids is 1. The zero-order valence-corrected chi connectivity index (χ0v) is 23.9. The Labute approximate surface area is 247 Å². The summed E-state index contributed by atoms with van der Waals surface area (Å²) in [4.78, 5) is 23.5. The summed E-state index contributed by atoms with van der Waals surface area (Å²) < 4.78 is 39.0. The molecular formula is C30H35F2N7O4. The molecule has 1 amide bonds. The van der Waals surface area contributed by atoms with Crippen LogP contribution in [0.5, 0.6) is 11.5 Å². The molecule has 13 heteroatoms. The number of amides is 1. The molecule has 0 unspecified atom stereocenters. The van der Waals surface area contributed by atoms with Gasteiger partial charge in [0.15, 0.2) is 29.0 Å². The highest BCUT2D eigenvalue weighted by Gasteiger charge is 2.22. The van der Waals surface area contributed by atoms with Crippen molar-refractivity contribution in [2.24, 2.45) is 0 Å². The van der Waals surface area contributed by atoms with Crippen molar-refractivity contribution >= 4 is 34.1 Å². The van der Waals surface area contributed by atoms with E-state index < -0.39 is 17.5 Å². The van der Waals surface area contributed by atoms with Crippen LogP contribution in [-0.4, -0.2) is 75.5 Å². The molecule has 4 aromatic rings. The summed E-state index contributed by atoms with van der Waals surface area (Å²) in [7, 11) is 1.56. The van der Waals surface area contributed by atoms with Crippen molar-refractivity contribution in [3.8, 4) is 11.5 Å². The molecule has 0 spiro atoms. The second kappa shape index (κ2) is 14.2. The minimum absolute atomic E-state index is 0.137. The predicted octanol–water partition coefficient (Wildman–Crippen LogP) is 4.57. The Morgan fingerprint density at radius 2 is 1.98 bits per heavy atom. The summed E-state index contributed by atoms with van der Waals surface area (Å²) in [5.41, 5.74) is 0.850. The molecule has 0 saturated heterocycles. The third-order valence-corrected chi connectivity index (χ3v) is 7.45. The van der Waals surface area contributed by atoms with Crippen LogP contribution in [0.3, 0.4) is 0 Å². The van der Waals surface area contributed by atoms with E-state index in [9.17, 15) is 18.7 Å². The Hall–Kier alpha value is -4.36. The number of halogens is 2. The number of hydrogen-bond donors (Lipinski definition) is 4. The van der Waals surface area contributed by atoms with Gasteiger partial charge in [0, 0.05) is 42.3 Å². The van der Waals surface area contributed by atoms with Crippen LogP contribution in [0.15, 0.2) is 42.7 Å². The van der Waals surface area contributed by atoms with E-state index in [4.69, 9.17) is 9.47 Å². The first-order valence-corrected chi connectivity index (χ1v) is 14.3. The number of ether oxygens (including phenoxy) is 2. The topological polar surface area (TPSA) is 138 Å². The Morgan fingerprint density at radius 1 is 1.14 bits per heavy atom. The van der Waals surface area contributed by atoms with E-state index >= 15 is 0 Å². The van der Waals surface area contributed by atoms with Crippen LogP contribution in [0.25, 0.3) is 10.9 Å². The number of aliphatic hydroxyl groups is 1. The second-order valence-corrected chi connectivity index (χ2v) is 10.4. The number of nitrogens with zero attached hydrogens (tertiary/aromatic N) is 4. The number of aliphatic hydroxyl groups excluding tert-OH is 1. The average Bonchev–Trinajstić information content (AvgIpc) is 3.69. The number of anilines is 3. The minimum Gasteiger partial charge on any atom is -0.493 e. The fraction of sp³-hybridized carbons (Fsp3) is 0.400. The van der Waals surface area contributed by atoms with Gasteiger partial charge in [-0.1, -0.05) is 18.9 Å². The lowest BCUT2D eigenvalue weighted by molar-refractivity contribution is -0.115. The first kappa shape index (κ1) is 30.1. The molecule has 0 aliphatic heterocycles. The van der Waals surface area contributed by atoms with Crippen LogP contribution in [0.4, 0.5) is 26.1 Å². The summed E-state index contributed by atoms with van der Waals surface area (Å²) in [5.74, 6) is -0.743. The first-order chi connectivity index (χ1) is 20.9. The molecule has 1 saturated carbocycles. The van der Waals surface area contributed by atoms with Gasteiger partial charge in [0.25, 0.3) is 0 Å². The van der Waals surface area contributed by atoms with Crippen molar-refractivity contribution in [2.45, 2.75) is 44.6 Å². The zero-order chi connectivity index (χ0) is 30.2. The van der Waals surface area contributed by atoms with Gasteiger partial charge in [0.05, 0.1) is 37.9 Å². The van der Waals surface area contributed by atoms with Crippen LogP contribution >= 0.6 is 0 Å². The van der Waals surface area contributed by atoms with Gasteiger partial charge in [0.2, 0.25) is 5.91 Å². The molecule has 0 radical (unpaired) electrons. The van der Waals surface area contributed by atoms with E-state index in [0.717, 1.165) is 19.0 Å². The molecule has 2 aromatic carbocycles. The summed E-state index contributed by atoms with van der Waals surface area (Å²) in [5, 5.41) is 22.6. The molecule has 1 aliphatic rings. The smallest absolute Gasteiger partial charge is 0.230 e. The Bertz CT molecular complexity index is 1540. The number of carbonyl (C=O) groups is 1. The number of H-pyrrole nitrogens is 1. The van der Waals surface area contributed by atoms with Crippen LogP contribution in [-0.2, 0) is 11.2 Å². The monoisotopic (exact) mass is 595 g/mol. The van der Waals surface area contributed by atoms with Gasteiger partial charge >= 0.3 is 0 Å². The molecule has 1 fully saturated rings. The maximum absolute atomic E-state index is 13.9. The van der Waals surface area contributed by atoms with Crippen molar-refractivity contribution in [3.63, 3.8) is 0 Å². The van der Waals surface area contributed by atoms with Gasteiger partial charge in [-0.15, -0.1) is 0 Å². The molecule has 0 bridgehead atoms. The maximum Gasteiger partial charge on any atom is 0.230 e. The van der Waals surface area contributed by atoms with Crippen molar-refractivity contribution in [1.82, 2.24) is 25.1 Å². The van der Waals surface area contributed by atoms with Gasteiger partial charge in [-0.3, -0.25) is 14.8 Å². The Kier molecular flexibility index (Phi) is 9.95. The number of rotatable bonds is 14. The molecule has 43 heavy (non-hydrogen) atoms.